The van der Waals surface area contributed by atoms with Gasteiger partial charge >= 0.3 is 0 Å². The molecule has 2 atom stereocenters. The van der Waals surface area contributed by atoms with Gasteiger partial charge in [0, 0.05) is 23.7 Å². The largest absolute Gasteiger partial charge is 0.352 e. The van der Waals surface area contributed by atoms with E-state index in [9.17, 15) is 26.8 Å². The van der Waals surface area contributed by atoms with Crippen LogP contribution < -0.4 is 9.62 Å². The molecule has 0 aliphatic rings. The van der Waals surface area contributed by atoms with Crippen LogP contribution in [-0.4, -0.2) is 50.0 Å². The molecule has 0 unspecified atom stereocenters. The minimum Gasteiger partial charge on any atom is -0.352 e. The summed E-state index contributed by atoms with van der Waals surface area (Å²) < 4.78 is 52.7. The number of rotatable bonds is 10. The fourth-order valence-corrected chi connectivity index (χ4v) is 4.19. The number of amides is 2. The molecule has 186 valence electrons. The van der Waals surface area contributed by atoms with Gasteiger partial charge in [0.15, 0.2) is 11.6 Å². The molecule has 1 N–H and O–H groups in total. The van der Waals surface area contributed by atoms with Gasteiger partial charge in [-0.1, -0.05) is 30.7 Å². The number of halogens is 3. The number of hydrogen-bond acceptors (Lipinski definition) is 4. The highest BCUT2D eigenvalue weighted by Gasteiger charge is 2.30. The number of hydrogen-bond donors (Lipinski definition) is 1. The van der Waals surface area contributed by atoms with E-state index in [2.05, 4.69) is 5.32 Å². The summed E-state index contributed by atoms with van der Waals surface area (Å²) >= 11 is 6.05. The van der Waals surface area contributed by atoms with Gasteiger partial charge in [0.05, 0.1) is 11.9 Å². The number of anilines is 1. The molecule has 0 saturated heterocycles. The van der Waals surface area contributed by atoms with Crippen molar-refractivity contribution in [3.05, 3.63) is 64.7 Å². The standard InChI is InChI=1S/C23H28ClF2N3O4S/c1-5-15(2)27-23(31)16(3)28(13-17-7-6-8-18(24)11-17)22(30)14-29(34(4,32)33)19-9-10-20(25)21(26)12-19/h6-12,15-16H,5,13-14H2,1-4H3,(H,27,31)/t15-,16-/m0/s1. The highest BCUT2D eigenvalue weighted by molar-refractivity contribution is 7.92. The van der Waals surface area contributed by atoms with E-state index < -0.39 is 46.1 Å². The molecular formula is C23H28ClF2N3O4S. The Morgan fingerprint density at radius 1 is 1.09 bits per heavy atom. The molecule has 7 nitrogen and oxygen atoms in total. The molecule has 0 aliphatic heterocycles. The lowest BCUT2D eigenvalue weighted by molar-refractivity contribution is -0.139. The van der Waals surface area contributed by atoms with Crippen LogP contribution in [0.4, 0.5) is 14.5 Å². The van der Waals surface area contributed by atoms with Crippen LogP contribution in [0.2, 0.25) is 5.02 Å². The van der Waals surface area contributed by atoms with Crippen LogP contribution in [-0.2, 0) is 26.2 Å². The van der Waals surface area contributed by atoms with Crippen LogP contribution in [0, 0.1) is 11.6 Å². The molecule has 0 spiro atoms. The van der Waals surface area contributed by atoms with Gasteiger partial charge in [-0.25, -0.2) is 17.2 Å². The summed E-state index contributed by atoms with van der Waals surface area (Å²) in [5.41, 5.74) is 0.414. The van der Waals surface area contributed by atoms with Crippen molar-refractivity contribution in [1.82, 2.24) is 10.2 Å². The maximum atomic E-state index is 13.8. The van der Waals surface area contributed by atoms with E-state index in [0.29, 0.717) is 27.4 Å². The fourth-order valence-electron chi connectivity index (χ4n) is 3.13. The van der Waals surface area contributed by atoms with Crippen molar-refractivity contribution in [2.45, 2.75) is 45.8 Å². The van der Waals surface area contributed by atoms with Gasteiger partial charge in [-0.05, 0) is 50.1 Å². The number of sulfonamides is 1. The highest BCUT2D eigenvalue weighted by atomic mass is 35.5. The van der Waals surface area contributed by atoms with Crippen molar-refractivity contribution < 1.29 is 26.8 Å². The summed E-state index contributed by atoms with van der Waals surface area (Å²) in [6.07, 6.45) is 1.53. The topological polar surface area (TPSA) is 86.8 Å². The molecule has 11 heteroatoms. The Balaban J connectivity index is 2.41. The Morgan fingerprint density at radius 2 is 1.76 bits per heavy atom. The van der Waals surface area contributed by atoms with Gasteiger partial charge in [-0.15, -0.1) is 0 Å². The van der Waals surface area contributed by atoms with Crippen molar-refractivity contribution >= 4 is 39.1 Å². The molecule has 0 aromatic heterocycles. The average molecular weight is 516 g/mol. The Kier molecular flexibility index (Phi) is 9.40. The molecule has 0 heterocycles. The second-order valence-corrected chi connectivity index (χ2v) is 10.4. The predicted octanol–water partition coefficient (Wildman–Crippen LogP) is 3.72. The van der Waals surface area contributed by atoms with Crippen molar-refractivity contribution in [3.63, 3.8) is 0 Å². The first-order valence-electron chi connectivity index (χ1n) is 10.6. The summed E-state index contributed by atoms with van der Waals surface area (Å²) in [7, 11) is -4.05. The number of nitrogens with one attached hydrogen (secondary N) is 1. The van der Waals surface area contributed by atoms with Crippen LogP contribution in [0.1, 0.15) is 32.8 Å². The van der Waals surface area contributed by atoms with Crippen LogP contribution in [0.3, 0.4) is 0 Å². The molecule has 2 amide bonds. The van der Waals surface area contributed by atoms with Crippen molar-refractivity contribution in [3.8, 4) is 0 Å². The lowest BCUT2D eigenvalue weighted by atomic mass is 10.1. The monoisotopic (exact) mass is 515 g/mol. The maximum absolute atomic E-state index is 13.8. The first-order chi connectivity index (χ1) is 15.8. The molecule has 0 saturated carbocycles. The first kappa shape index (κ1) is 27.5. The SMILES string of the molecule is CC[C@H](C)NC(=O)[C@H](C)N(Cc1cccc(Cl)c1)C(=O)CN(c1ccc(F)c(F)c1)S(C)(=O)=O. The Bertz CT molecular complexity index is 1150. The molecule has 0 fully saturated rings. The third kappa shape index (κ3) is 7.39. The fraction of sp³-hybridized carbons (Fsp3) is 0.391. The van der Waals surface area contributed by atoms with Gasteiger partial charge in [0.25, 0.3) is 0 Å². The molecule has 34 heavy (non-hydrogen) atoms. The van der Waals surface area contributed by atoms with Gasteiger partial charge < -0.3 is 10.2 Å². The maximum Gasteiger partial charge on any atom is 0.244 e. The Hall–Kier alpha value is -2.72. The normalized spacial score (nSPS) is 13.1. The van der Waals surface area contributed by atoms with E-state index in [-0.39, 0.29) is 18.3 Å². The Morgan fingerprint density at radius 3 is 2.32 bits per heavy atom. The van der Waals surface area contributed by atoms with Crippen molar-refractivity contribution in [2.24, 2.45) is 0 Å². The van der Waals surface area contributed by atoms with Crippen LogP contribution in [0.5, 0.6) is 0 Å². The second-order valence-electron chi connectivity index (χ2n) is 8.01. The lowest BCUT2D eigenvalue weighted by Crippen LogP contribution is -2.52. The van der Waals surface area contributed by atoms with Gasteiger partial charge in [0.2, 0.25) is 21.8 Å². The van der Waals surface area contributed by atoms with E-state index in [1.165, 1.54) is 11.8 Å². The number of carbonyl (C=O) groups is 2. The molecule has 0 bridgehead atoms. The minimum atomic E-state index is -4.05. The predicted molar refractivity (Wildman–Crippen MR) is 128 cm³/mol. The average Bonchev–Trinajstić information content (AvgIpc) is 2.76. The summed E-state index contributed by atoms with van der Waals surface area (Å²) in [5.74, 6) is -3.53. The van der Waals surface area contributed by atoms with Gasteiger partial charge in [-0.3, -0.25) is 13.9 Å². The zero-order valence-corrected chi connectivity index (χ0v) is 21.0. The van der Waals surface area contributed by atoms with Crippen LogP contribution >= 0.6 is 11.6 Å². The van der Waals surface area contributed by atoms with E-state index in [1.807, 2.05) is 13.8 Å². The minimum absolute atomic E-state index is 0.0239. The molecular weight excluding hydrogens is 488 g/mol. The van der Waals surface area contributed by atoms with Gasteiger partial charge in [-0.2, -0.15) is 0 Å². The molecule has 0 radical (unpaired) electrons. The molecule has 0 aliphatic carbocycles. The third-order valence-electron chi connectivity index (χ3n) is 5.28. The first-order valence-corrected chi connectivity index (χ1v) is 12.8. The smallest absolute Gasteiger partial charge is 0.244 e. The lowest BCUT2D eigenvalue weighted by Gasteiger charge is -2.32. The third-order valence-corrected chi connectivity index (χ3v) is 6.66. The second kappa shape index (κ2) is 11.6. The summed E-state index contributed by atoms with van der Waals surface area (Å²) in [5, 5.41) is 3.24. The zero-order valence-electron chi connectivity index (χ0n) is 19.4. The molecule has 2 aromatic carbocycles. The summed E-state index contributed by atoms with van der Waals surface area (Å²) in [6.45, 7) is 4.51. The molecule has 2 aromatic rings. The van der Waals surface area contributed by atoms with E-state index >= 15 is 0 Å². The van der Waals surface area contributed by atoms with Gasteiger partial charge in [0.1, 0.15) is 12.6 Å². The quantitative estimate of drug-likeness (QED) is 0.522. The summed E-state index contributed by atoms with van der Waals surface area (Å²) in [4.78, 5) is 27.4. The van der Waals surface area contributed by atoms with E-state index in [1.54, 1.807) is 24.3 Å². The number of benzene rings is 2. The van der Waals surface area contributed by atoms with Crippen molar-refractivity contribution in [2.75, 3.05) is 17.1 Å². The number of carbonyl (C=O) groups excluding carboxylic acids is 2. The van der Waals surface area contributed by atoms with E-state index in [0.717, 1.165) is 18.4 Å². The zero-order chi connectivity index (χ0) is 25.6. The van der Waals surface area contributed by atoms with Crippen LogP contribution in [0.25, 0.3) is 0 Å². The highest BCUT2D eigenvalue weighted by Crippen LogP contribution is 2.22. The molecule has 2 rings (SSSR count). The number of nitrogens with zero attached hydrogens (tertiary/aromatic N) is 2. The van der Waals surface area contributed by atoms with E-state index in [4.69, 9.17) is 11.6 Å². The van der Waals surface area contributed by atoms with Crippen molar-refractivity contribution in [1.29, 1.82) is 0 Å². The summed E-state index contributed by atoms with van der Waals surface area (Å²) in [6, 6.07) is 8.15. The Labute approximate surface area is 203 Å². The van der Waals surface area contributed by atoms with Crippen LogP contribution in [0.15, 0.2) is 42.5 Å².